The van der Waals surface area contributed by atoms with Gasteiger partial charge in [-0.15, -0.1) is 0 Å². The van der Waals surface area contributed by atoms with Gasteiger partial charge in [0.05, 0.1) is 12.3 Å². The summed E-state index contributed by atoms with van der Waals surface area (Å²) in [5, 5.41) is 8.43. The van der Waals surface area contributed by atoms with E-state index in [1.807, 2.05) is 16.8 Å². The Hall–Kier alpha value is -2.51. The van der Waals surface area contributed by atoms with Gasteiger partial charge >= 0.3 is 0 Å². The summed E-state index contributed by atoms with van der Waals surface area (Å²) in [6.07, 6.45) is 0. The normalized spacial score (nSPS) is 10.9. The lowest BCUT2D eigenvalue weighted by Gasteiger charge is -2.21. The zero-order chi connectivity index (χ0) is 18.5. The molecule has 0 bridgehead atoms. The van der Waals surface area contributed by atoms with E-state index in [-0.39, 0.29) is 11.7 Å². The van der Waals surface area contributed by atoms with E-state index in [4.69, 9.17) is 4.74 Å². The monoisotopic (exact) mass is 373 g/mol. The maximum absolute atomic E-state index is 13.1. The smallest absolute Gasteiger partial charge is 0.272 e. The number of aromatic nitrogens is 2. The summed E-state index contributed by atoms with van der Waals surface area (Å²) in [5.41, 5.74) is 2.97. The average molecular weight is 373 g/mol. The fourth-order valence-electron chi connectivity index (χ4n) is 2.65. The van der Waals surface area contributed by atoms with Crippen molar-refractivity contribution in [3.8, 4) is 11.3 Å². The van der Waals surface area contributed by atoms with Crippen molar-refractivity contribution < 1.29 is 13.9 Å². The fourth-order valence-corrected chi connectivity index (χ4v) is 3.31. The van der Waals surface area contributed by atoms with Crippen LogP contribution in [0, 0.1) is 5.82 Å². The van der Waals surface area contributed by atoms with Gasteiger partial charge in [0.1, 0.15) is 11.5 Å². The molecule has 2 aromatic heterocycles. The molecule has 0 atom stereocenters. The van der Waals surface area contributed by atoms with E-state index in [9.17, 15) is 9.18 Å². The van der Waals surface area contributed by atoms with E-state index >= 15 is 0 Å². The van der Waals surface area contributed by atoms with Crippen molar-refractivity contribution in [3.63, 3.8) is 0 Å². The number of methoxy groups -OCH3 is 1. The summed E-state index contributed by atoms with van der Waals surface area (Å²) in [6, 6.07) is 9.81. The lowest BCUT2D eigenvalue weighted by Crippen LogP contribution is -2.34. The van der Waals surface area contributed by atoms with Crippen molar-refractivity contribution >= 4 is 17.2 Å². The number of nitrogens with zero attached hydrogens (tertiary/aromatic N) is 3. The lowest BCUT2D eigenvalue weighted by molar-refractivity contribution is 0.0670. The number of hydrogen-bond acceptors (Lipinski definition) is 4. The highest BCUT2D eigenvalue weighted by Crippen LogP contribution is 2.21. The van der Waals surface area contributed by atoms with Crippen LogP contribution in [0.15, 0.2) is 47.2 Å². The molecule has 1 aromatic carbocycles. The van der Waals surface area contributed by atoms with Gasteiger partial charge in [0.2, 0.25) is 0 Å². The van der Waals surface area contributed by atoms with Crippen LogP contribution >= 0.6 is 11.3 Å². The molecule has 0 fully saturated rings. The molecule has 0 N–H and O–H groups in total. The van der Waals surface area contributed by atoms with E-state index in [2.05, 4.69) is 5.10 Å². The number of hydrogen-bond donors (Lipinski definition) is 0. The molecule has 7 heteroatoms. The van der Waals surface area contributed by atoms with Crippen molar-refractivity contribution in [2.24, 2.45) is 7.05 Å². The van der Waals surface area contributed by atoms with Gasteiger partial charge in [0.25, 0.3) is 5.91 Å². The number of amides is 1. The van der Waals surface area contributed by atoms with Gasteiger partial charge in [0, 0.05) is 32.8 Å². The van der Waals surface area contributed by atoms with Crippen molar-refractivity contribution in [1.29, 1.82) is 0 Å². The number of aryl methyl sites for hydroxylation is 1. The van der Waals surface area contributed by atoms with Crippen molar-refractivity contribution in [2.75, 3.05) is 20.3 Å². The third kappa shape index (κ3) is 4.17. The zero-order valence-electron chi connectivity index (χ0n) is 14.7. The van der Waals surface area contributed by atoms with E-state index in [0.717, 1.165) is 11.1 Å². The van der Waals surface area contributed by atoms with E-state index < -0.39 is 0 Å². The van der Waals surface area contributed by atoms with E-state index in [1.165, 1.54) is 12.1 Å². The molecule has 0 saturated carbocycles. The summed E-state index contributed by atoms with van der Waals surface area (Å²) in [4.78, 5) is 14.8. The summed E-state index contributed by atoms with van der Waals surface area (Å²) >= 11 is 1.60. The predicted molar refractivity (Wildman–Crippen MR) is 99.5 cm³/mol. The first kappa shape index (κ1) is 18.3. The minimum atomic E-state index is -0.303. The molecule has 0 spiro atoms. The minimum absolute atomic E-state index is 0.114. The van der Waals surface area contributed by atoms with Crippen LogP contribution in [-0.4, -0.2) is 40.8 Å². The molecule has 0 aliphatic carbocycles. The van der Waals surface area contributed by atoms with Crippen LogP contribution in [0.4, 0.5) is 4.39 Å². The molecule has 3 rings (SSSR count). The molecule has 0 unspecified atom stereocenters. The van der Waals surface area contributed by atoms with Gasteiger partial charge < -0.3 is 9.64 Å². The van der Waals surface area contributed by atoms with Crippen LogP contribution in [0.3, 0.4) is 0 Å². The van der Waals surface area contributed by atoms with Gasteiger partial charge in [-0.05, 0) is 52.7 Å². The second-order valence-corrected chi connectivity index (χ2v) is 6.68. The highest BCUT2D eigenvalue weighted by atomic mass is 32.1. The molecule has 26 heavy (non-hydrogen) atoms. The number of benzene rings is 1. The van der Waals surface area contributed by atoms with Crippen LogP contribution in [0.1, 0.15) is 16.1 Å². The highest BCUT2D eigenvalue weighted by Gasteiger charge is 2.21. The molecular weight excluding hydrogens is 353 g/mol. The third-order valence-corrected chi connectivity index (χ3v) is 4.78. The van der Waals surface area contributed by atoms with E-state index in [1.54, 1.807) is 53.3 Å². The summed E-state index contributed by atoms with van der Waals surface area (Å²) in [7, 11) is 3.35. The Balaban J connectivity index is 1.85. The van der Waals surface area contributed by atoms with Crippen LogP contribution in [0.25, 0.3) is 11.3 Å². The van der Waals surface area contributed by atoms with Crippen LogP contribution < -0.4 is 0 Å². The molecule has 1 amide bonds. The Morgan fingerprint density at radius 2 is 2.08 bits per heavy atom. The molecule has 0 aliphatic rings. The SMILES string of the molecule is COCCN(Cc1ccsc1)C(=O)c1cc(-c2ccc(F)cc2)nn1C. The average Bonchev–Trinajstić information content (AvgIpc) is 3.28. The molecule has 2 heterocycles. The maximum Gasteiger partial charge on any atom is 0.272 e. The first-order chi connectivity index (χ1) is 12.6. The highest BCUT2D eigenvalue weighted by molar-refractivity contribution is 7.07. The standard InChI is InChI=1S/C19H20FN3O2S/c1-22-18(11-17(21-22)15-3-5-16(20)6-4-15)19(24)23(8-9-25-2)12-14-7-10-26-13-14/h3-7,10-11,13H,8-9,12H2,1-2H3. The first-order valence-electron chi connectivity index (χ1n) is 8.17. The Labute approximate surface area is 155 Å². The first-order valence-corrected chi connectivity index (χ1v) is 9.12. The number of thiophene rings is 1. The summed E-state index contributed by atoms with van der Waals surface area (Å²) < 4.78 is 19.8. The molecule has 136 valence electrons. The second-order valence-electron chi connectivity index (χ2n) is 5.90. The van der Waals surface area contributed by atoms with Crippen molar-refractivity contribution in [2.45, 2.75) is 6.54 Å². The summed E-state index contributed by atoms with van der Waals surface area (Å²) in [5.74, 6) is -0.418. The molecule has 0 aliphatic heterocycles. The topological polar surface area (TPSA) is 47.4 Å². The van der Waals surface area contributed by atoms with Gasteiger partial charge in [-0.2, -0.15) is 16.4 Å². The Bertz CT molecular complexity index is 860. The van der Waals surface area contributed by atoms with Crippen LogP contribution in [-0.2, 0) is 18.3 Å². The Kier molecular flexibility index (Phi) is 5.80. The zero-order valence-corrected chi connectivity index (χ0v) is 15.5. The number of carbonyl (C=O) groups excluding carboxylic acids is 1. The largest absolute Gasteiger partial charge is 0.383 e. The number of rotatable bonds is 7. The Morgan fingerprint density at radius 3 is 2.73 bits per heavy atom. The maximum atomic E-state index is 13.1. The van der Waals surface area contributed by atoms with Crippen LogP contribution in [0.2, 0.25) is 0 Å². The quantitative estimate of drug-likeness (QED) is 0.636. The van der Waals surface area contributed by atoms with Gasteiger partial charge in [-0.1, -0.05) is 0 Å². The minimum Gasteiger partial charge on any atom is -0.383 e. The van der Waals surface area contributed by atoms with Gasteiger partial charge in [-0.25, -0.2) is 4.39 Å². The predicted octanol–water partition coefficient (Wildman–Crippen LogP) is 3.58. The second kappa shape index (κ2) is 8.25. The Morgan fingerprint density at radius 1 is 1.31 bits per heavy atom. The summed E-state index contributed by atoms with van der Waals surface area (Å²) in [6.45, 7) is 1.46. The molecule has 0 radical (unpaired) electrons. The molecule has 5 nitrogen and oxygen atoms in total. The fraction of sp³-hybridized carbons (Fsp3) is 0.263. The number of halogens is 1. The lowest BCUT2D eigenvalue weighted by atomic mass is 10.1. The van der Waals surface area contributed by atoms with Crippen molar-refractivity contribution in [1.82, 2.24) is 14.7 Å². The number of ether oxygens (including phenoxy) is 1. The molecule has 0 saturated heterocycles. The number of carbonyl (C=O) groups is 1. The van der Waals surface area contributed by atoms with Crippen LogP contribution in [0.5, 0.6) is 0 Å². The van der Waals surface area contributed by atoms with Crippen molar-refractivity contribution in [3.05, 3.63) is 64.2 Å². The third-order valence-electron chi connectivity index (χ3n) is 4.04. The molecular formula is C19H20FN3O2S. The molecule has 3 aromatic rings. The van der Waals surface area contributed by atoms with E-state index in [0.29, 0.717) is 31.1 Å². The van der Waals surface area contributed by atoms with Gasteiger partial charge in [0.15, 0.2) is 0 Å². The van der Waals surface area contributed by atoms with Gasteiger partial charge in [-0.3, -0.25) is 9.48 Å².